The van der Waals surface area contributed by atoms with Gasteiger partial charge in [-0.05, 0) is 36.4 Å². The molecular formula is C21H22N4O2. The molecule has 0 bridgehead atoms. The molecule has 1 saturated heterocycles. The van der Waals surface area contributed by atoms with Crippen molar-refractivity contribution in [3.05, 3.63) is 78.4 Å². The van der Waals surface area contributed by atoms with Gasteiger partial charge in [0, 0.05) is 43.6 Å². The lowest BCUT2D eigenvalue weighted by Gasteiger charge is -2.36. The van der Waals surface area contributed by atoms with Crippen LogP contribution >= 0.6 is 0 Å². The van der Waals surface area contributed by atoms with Crippen molar-refractivity contribution in [1.29, 1.82) is 0 Å². The van der Waals surface area contributed by atoms with Crippen molar-refractivity contribution in [1.82, 2.24) is 9.88 Å². The van der Waals surface area contributed by atoms with Crippen molar-refractivity contribution in [2.75, 3.05) is 36.4 Å². The summed E-state index contributed by atoms with van der Waals surface area (Å²) in [6.45, 7) is 3.64. The van der Waals surface area contributed by atoms with Crippen molar-refractivity contribution in [2.45, 2.75) is 6.54 Å². The van der Waals surface area contributed by atoms with Crippen molar-refractivity contribution in [2.24, 2.45) is 0 Å². The number of hydrogen-bond donors (Lipinski definition) is 1. The predicted octanol–water partition coefficient (Wildman–Crippen LogP) is 3.25. The van der Waals surface area contributed by atoms with E-state index in [2.05, 4.69) is 27.3 Å². The van der Waals surface area contributed by atoms with Gasteiger partial charge < -0.3 is 19.5 Å². The molecule has 0 unspecified atom stereocenters. The average molecular weight is 362 g/mol. The fraction of sp³-hybridized carbons (Fsp3) is 0.238. The van der Waals surface area contributed by atoms with Crippen molar-refractivity contribution in [3.63, 3.8) is 0 Å². The lowest BCUT2D eigenvalue weighted by Crippen LogP contribution is -2.48. The maximum Gasteiger partial charge on any atom is 0.254 e. The molecule has 3 heterocycles. The summed E-state index contributed by atoms with van der Waals surface area (Å²) in [5, 5.41) is 3.19. The number of nitrogens with one attached hydrogen (secondary N) is 1. The van der Waals surface area contributed by atoms with Crippen LogP contribution in [-0.4, -0.2) is 42.0 Å². The van der Waals surface area contributed by atoms with Gasteiger partial charge in [-0.25, -0.2) is 4.98 Å². The summed E-state index contributed by atoms with van der Waals surface area (Å²) >= 11 is 0. The molecule has 1 amide bonds. The van der Waals surface area contributed by atoms with Gasteiger partial charge in [0.25, 0.3) is 5.91 Å². The number of carbonyl (C=O) groups excluding carboxylic acids is 1. The minimum absolute atomic E-state index is 0.0474. The highest BCUT2D eigenvalue weighted by Crippen LogP contribution is 2.17. The third-order valence-electron chi connectivity index (χ3n) is 4.72. The first-order chi connectivity index (χ1) is 13.3. The Kier molecular flexibility index (Phi) is 5.05. The van der Waals surface area contributed by atoms with Crippen molar-refractivity contribution < 1.29 is 9.21 Å². The second kappa shape index (κ2) is 7.95. The van der Waals surface area contributed by atoms with Crippen LogP contribution in [0.4, 0.5) is 11.5 Å². The molecule has 27 heavy (non-hydrogen) atoms. The number of furan rings is 1. The average Bonchev–Trinajstić information content (AvgIpc) is 3.26. The quantitative estimate of drug-likeness (QED) is 0.755. The summed E-state index contributed by atoms with van der Waals surface area (Å²) in [6.07, 6.45) is 3.30. The fourth-order valence-electron chi connectivity index (χ4n) is 3.24. The zero-order chi connectivity index (χ0) is 18.5. The van der Waals surface area contributed by atoms with Gasteiger partial charge in [0.2, 0.25) is 0 Å². The second-order valence-corrected chi connectivity index (χ2v) is 6.48. The largest absolute Gasteiger partial charge is 0.467 e. The van der Waals surface area contributed by atoms with Crippen LogP contribution in [0.2, 0.25) is 0 Å². The van der Waals surface area contributed by atoms with Crippen LogP contribution in [-0.2, 0) is 6.54 Å². The maximum absolute atomic E-state index is 12.9. The molecule has 0 aliphatic carbocycles. The predicted molar refractivity (Wildman–Crippen MR) is 105 cm³/mol. The molecule has 1 fully saturated rings. The van der Waals surface area contributed by atoms with Crippen LogP contribution in [0.1, 0.15) is 16.1 Å². The van der Waals surface area contributed by atoms with Crippen LogP contribution in [0.5, 0.6) is 0 Å². The highest BCUT2D eigenvalue weighted by atomic mass is 16.3. The topological polar surface area (TPSA) is 61.6 Å². The van der Waals surface area contributed by atoms with Gasteiger partial charge in [0.1, 0.15) is 11.6 Å². The Bertz CT molecular complexity index is 872. The number of para-hydroxylation sites is 1. The number of aromatic nitrogens is 1. The molecule has 0 spiro atoms. The summed E-state index contributed by atoms with van der Waals surface area (Å²) in [6, 6.07) is 17.6. The zero-order valence-electron chi connectivity index (χ0n) is 15.0. The molecule has 4 rings (SSSR count). The first-order valence-electron chi connectivity index (χ1n) is 9.11. The fourth-order valence-corrected chi connectivity index (χ4v) is 3.24. The summed E-state index contributed by atoms with van der Waals surface area (Å²) < 4.78 is 5.30. The minimum Gasteiger partial charge on any atom is -0.467 e. The van der Waals surface area contributed by atoms with Gasteiger partial charge in [-0.3, -0.25) is 4.79 Å². The number of benzene rings is 1. The highest BCUT2D eigenvalue weighted by Gasteiger charge is 2.22. The summed E-state index contributed by atoms with van der Waals surface area (Å²) in [4.78, 5) is 21.4. The number of piperazine rings is 1. The standard InChI is InChI=1S/C21H22N4O2/c26-21(25-12-10-24(11-13-25)18-5-2-1-3-6-18)17-8-9-22-20(15-17)23-16-19-7-4-14-27-19/h1-9,14-15H,10-13,16H2,(H,22,23). The van der Waals surface area contributed by atoms with Gasteiger partial charge in [0.15, 0.2) is 0 Å². The van der Waals surface area contributed by atoms with Gasteiger partial charge >= 0.3 is 0 Å². The minimum atomic E-state index is 0.0474. The highest BCUT2D eigenvalue weighted by molar-refractivity contribution is 5.95. The van der Waals surface area contributed by atoms with E-state index in [-0.39, 0.29) is 5.91 Å². The molecule has 1 aliphatic rings. The Labute approximate surface area is 158 Å². The molecule has 0 radical (unpaired) electrons. The Morgan fingerprint density at radius 1 is 1.04 bits per heavy atom. The molecule has 6 heteroatoms. The molecule has 1 aromatic carbocycles. The van der Waals surface area contributed by atoms with E-state index in [1.165, 1.54) is 5.69 Å². The van der Waals surface area contributed by atoms with Gasteiger partial charge in [-0.2, -0.15) is 0 Å². The summed E-state index contributed by atoms with van der Waals surface area (Å²) in [5.74, 6) is 1.54. The summed E-state index contributed by atoms with van der Waals surface area (Å²) in [7, 11) is 0. The first-order valence-corrected chi connectivity index (χ1v) is 9.11. The smallest absolute Gasteiger partial charge is 0.254 e. The third kappa shape index (κ3) is 4.11. The SMILES string of the molecule is O=C(c1ccnc(NCc2ccco2)c1)N1CCN(c2ccccc2)CC1. The van der Waals surface area contributed by atoms with Crippen LogP contribution in [0.3, 0.4) is 0 Å². The van der Waals surface area contributed by atoms with Gasteiger partial charge in [0.05, 0.1) is 12.8 Å². The molecular weight excluding hydrogens is 340 g/mol. The van der Waals surface area contributed by atoms with E-state index >= 15 is 0 Å². The van der Waals surface area contributed by atoms with E-state index in [1.807, 2.05) is 35.2 Å². The maximum atomic E-state index is 12.9. The van der Waals surface area contributed by atoms with Crippen molar-refractivity contribution >= 4 is 17.4 Å². The third-order valence-corrected chi connectivity index (χ3v) is 4.72. The van der Waals surface area contributed by atoms with Crippen LogP contribution < -0.4 is 10.2 Å². The molecule has 3 aromatic rings. The number of hydrogen-bond acceptors (Lipinski definition) is 5. The Hall–Kier alpha value is -3.28. The van der Waals surface area contributed by atoms with Crippen molar-refractivity contribution in [3.8, 4) is 0 Å². The molecule has 2 aromatic heterocycles. The van der Waals surface area contributed by atoms with E-state index < -0.39 is 0 Å². The van der Waals surface area contributed by atoms with E-state index in [4.69, 9.17) is 4.42 Å². The lowest BCUT2D eigenvalue weighted by atomic mass is 10.2. The normalized spacial score (nSPS) is 14.2. The molecule has 1 N–H and O–H groups in total. The van der Waals surface area contributed by atoms with Gasteiger partial charge in [-0.15, -0.1) is 0 Å². The molecule has 138 valence electrons. The Morgan fingerprint density at radius 2 is 1.85 bits per heavy atom. The molecule has 0 saturated carbocycles. The number of pyridine rings is 1. The molecule has 1 aliphatic heterocycles. The second-order valence-electron chi connectivity index (χ2n) is 6.48. The van der Waals surface area contributed by atoms with E-state index in [9.17, 15) is 4.79 Å². The van der Waals surface area contributed by atoms with Crippen LogP contribution in [0, 0.1) is 0 Å². The Balaban J connectivity index is 1.36. The number of anilines is 2. The van der Waals surface area contributed by atoms with Crippen LogP contribution in [0.25, 0.3) is 0 Å². The van der Waals surface area contributed by atoms with E-state index in [0.717, 1.165) is 18.8 Å². The monoisotopic (exact) mass is 362 g/mol. The lowest BCUT2D eigenvalue weighted by molar-refractivity contribution is 0.0746. The molecule has 6 nitrogen and oxygen atoms in total. The number of rotatable bonds is 5. The van der Waals surface area contributed by atoms with E-state index in [0.29, 0.717) is 31.0 Å². The number of amides is 1. The van der Waals surface area contributed by atoms with Crippen LogP contribution in [0.15, 0.2) is 71.5 Å². The summed E-state index contributed by atoms with van der Waals surface area (Å²) in [5.41, 5.74) is 1.86. The Morgan fingerprint density at radius 3 is 2.59 bits per heavy atom. The van der Waals surface area contributed by atoms with Gasteiger partial charge in [-0.1, -0.05) is 18.2 Å². The number of carbonyl (C=O) groups is 1. The van der Waals surface area contributed by atoms with E-state index in [1.54, 1.807) is 24.6 Å². The zero-order valence-corrected chi connectivity index (χ0v) is 15.0. The number of nitrogens with zero attached hydrogens (tertiary/aromatic N) is 3. The first kappa shape index (κ1) is 17.1. The molecule has 0 atom stereocenters.